The van der Waals surface area contributed by atoms with Gasteiger partial charge in [-0.05, 0) is 49.9 Å². The van der Waals surface area contributed by atoms with Crippen molar-refractivity contribution in [2.75, 3.05) is 13.1 Å². The predicted molar refractivity (Wildman–Crippen MR) is 62.4 cm³/mol. The monoisotopic (exact) mass is 243 g/mol. The number of halogens is 2. The molecule has 1 aliphatic heterocycles. The highest BCUT2D eigenvalue weighted by Gasteiger charge is 2.16. The van der Waals surface area contributed by atoms with Crippen molar-refractivity contribution >= 4 is 11.6 Å². The number of phenolic OH excluding ortho intramolecular Hbond substituents is 1. The van der Waals surface area contributed by atoms with Gasteiger partial charge < -0.3 is 10.4 Å². The molecule has 0 atom stereocenters. The van der Waals surface area contributed by atoms with Gasteiger partial charge in [-0.3, -0.25) is 0 Å². The summed E-state index contributed by atoms with van der Waals surface area (Å²) in [6.45, 7) is 2.00. The van der Waals surface area contributed by atoms with Crippen LogP contribution in [0.4, 0.5) is 4.39 Å². The summed E-state index contributed by atoms with van der Waals surface area (Å²) in [5.41, 5.74) is 0.606. The van der Waals surface area contributed by atoms with E-state index in [1.54, 1.807) is 0 Å². The zero-order valence-corrected chi connectivity index (χ0v) is 9.73. The Hall–Kier alpha value is -0.800. The van der Waals surface area contributed by atoms with Gasteiger partial charge in [-0.25, -0.2) is 4.39 Å². The summed E-state index contributed by atoms with van der Waals surface area (Å²) in [5, 5.41) is 12.8. The summed E-state index contributed by atoms with van der Waals surface area (Å²) in [5.74, 6) is -0.0370. The molecule has 2 N–H and O–H groups in total. The normalized spacial score (nSPS) is 17.6. The van der Waals surface area contributed by atoms with Crippen molar-refractivity contribution in [3.8, 4) is 5.75 Å². The fraction of sp³-hybridized carbons (Fsp3) is 0.500. The van der Waals surface area contributed by atoms with Crippen molar-refractivity contribution in [1.82, 2.24) is 5.32 Å². The lowest BCUT2D eigenvalue weighted by Crippen LogP contribution is -2.28. The van der Waals surface area contributed by atoms with Gasteiger partial charge in [0.25, 0.3) is 0 Å². The summed E-state index contributed by atoms with van der Waals surface area (Å²) in [7, 11) is 0. The van der Waals surface area contributed by atoms with Crippen molar-refractivity contribution < 1.29 is 9.50 Å². The molecule has 88 valence electrons. The lowest BCUT2D eigenvalue weighted by Gasteiger charge is -2.22. The van der Waals surface area contributed by atoms with Crippen LogP contribution in [0.5, 0.6) is 5.75 Å². The van der Waals surface area contributed by atoms with E-state index in [1.807, 2.05) is 0 Å². The molecule has 16 heavy (non-hydrogen) atoms. The van der Waals surface area contributed by atoms with Crippen LogP contribution in [0, 0.1) is 11.7 Å². The predicted octanol–water partition coefficient (Wildman–Crippen LogP) is 2.73. The molecule has 1 aromatic rings. The number of aromatic hydroxyl groups is 1. The zero-order valence-electron chi connectivity index (χ0n) is 8.97. The van der Waals surface area contributed by atoms with Gasteiger partial charge >= 0.3 is 0 Å². The highest BCUT2D eigenvalue weighted by Crippen LogP contribution is 2.28. The Labute approximate surface area is 99.4 Å². The van der Waals surface area contributed by atoms with Crippen molar-refractivity contribution in [1.29, 1.82) is 0 Å². The summed E-state index contributed by atoms with van der Waals surface area (Å²) >= 11 is 5.77. The van der Waals surface area contributed by atoms with Crippen LogP contribution in [-0.4, -0.2) is 18.2 Å². The maximum atomic E-state index is 13.6. The number of piperidine rings is 1. The van der Waals surface area contributed by atoms with E-state index >= 15 is 0 Å². The molecule has 1 saturated heterocycles. The fourth-order valence-corrected chi connectivity index (χ4v) is 2.32. The number of rotatable bonds is 2. The van der Waals surface area contributed by atoms with E-state index in [0.29, 0.717) is 17.9 Å². The largest absolute Gasteiger partial charge is 0.506 e. The lowest BCUT2D eigenvalue weighted by atomic mass is 9.91. The van der Waals surface area contributed by atoms with Crippen molar-refractivity contribution in [2.45, 2.75) is 19.3 Å². The third-order valence-electron chi connectivity index (χ3n) is 3.08. The first-order chi connectivity index (χ1) is 7.66. The molecule has 1 aromatic carbocycles. The Bertz CT molecular complexity index is 378. The second kappa shape index (κ2) is 5.02. The Morgan fingerprint density at radius 2 is 2.06 bits per heavy atom. The second-order valence-corrected chi connectivity index (χ2v) is 4.70. The highest BCUT2D eigenvalue weighted by molar-refractivity contribution is 6.32. The Balaban J connectivity index is 2.11. The van der Waals surface area contributed by atoms with Gasteiger partial charge in [-0.15, -0.1) is 0 Å². The molecule has 0 amide bonds. The van der Waals surface area contributed by atoms with E-state index in [4.69, 9.17) is 11.6 Å². The maximum absolute atomic E-state index is 13.6. The van der Waals surface area contributed by atoms with Crippen LogP contribution >= 0.6 is 11.6 Å². The van der Waals surface area contributed by atoms with E-state index in [2.05, 4.69) is 5.32 Å². The Kier molecular flexibility index (Phi) is 3.66. The number of nitrogens with one attached hydrogen (secondary N) is 1. The van der Waals surface area contributed by atoms with Crippen LogP contribution < -0.4 is 5.32 Å². The molecule has 0 radical (unpaired) electrons. The molecule has 0 bridgehead atoms. The van der Waals surface area contributed by atoms with Gasteiger partial charge in [0, 0.05) is 6.07 Å². The number of phenols is 1. The fourth-order valence-electron chi connectivity index (χ4n) is 2.13. The van der Waals surface area contributed by atoms with E-state index in [0.717, 1.165) is 32.0 Å². The minimum atomic E-state index is -0.361. The molecule has 2 nitrogen and oxygen atoms in total. The minimum absolute atomic E-state index is 0.187. The average molecular weight is 244 g/mol. The third kappa shape index (κ3) is 2.66. The van der Waals surface area contributed by atoms with Crippen LogP contribution in [0.1, 0.15) is 18.4 Å². The molecular formula is C12H15ClFNO. The van der Waals surface area contributed by atoms with Gasteiger partial charge in [-0.2, -0.15) is 0 Å². The molecule has 2 rings (SSSR count). The molecule has 0 aromatic heterocycles. The maximum Gasteiger partial charge on any atom is 0.137 e. The number of hydrogen-bond donors (Lipinski definition) is 2. The molecular weight excluding hydrogens is 229 g/mol. The second-order valence-electron chi connectivity index (χ2n) is 4.29. The van der Waals surface area contributed by atoms with Crippen molar-refractivity contribution in [3.05, 3.63) is 28.5 Å². The quantitative estimate of drug-likeness (QED) is 0.837. The minimum Gasteiger partial charge on any atom is -0.506 e. The lowest BCUT2D eigenvalue weighted by molar-refractivity contribution is 0.368. The number of benzene rings is 1. The summed E-state index contributed by atoms with van der Waals surface area (Å²) in [4.78, 5) is 0. The molecule has 1 aliphatic rings. The standard InChI is InChI=1S/C12H15ClFNO/c13-10-6-9(11(14)7-12(10)16)5-8-1-3-15-4-2-8/h6-8,15-16H,1-5H2. The van der Waals surface area contributed by atoms with Gasteiger partial charge in [0.1, 0.15) is 11.6 Å². The van der Waals surface area contributed by atoms with Gasteiger partial charge in [0.2, 0.25) is 0 Å². The third-order valence-corrected chi connectivity index (χ3v) is 3.39. The smallest absolute Gasteiger partial charge is 0.137 e. The highest BCUT2D eigenvalue weighted by atomic mass is 35.5. The first-order valence-corrected chi connectivity index (χ1v) is 5.92. The van der Waals surface area contributed by atoms with E-state index in [9.17, 15) is 9.50 Å². The van der Waals surface area contributed by atoms with Gasteiger partial charge in [0.15, 0.2) is 0 Å². The molecule has 0 saturated carbocycles. The molecule has 0 spiro atoms. The summed E-state index contributed by atoms with van der Waals surface area (Å²) in [6.07, 6.45) is 2.84. The van der Waals surface area contributed by atoms with Gasteiger partial charge in [-0.1, -0.05) is 11.6 Å². The summed E-state index contributed by atoms with van der Waals surface area (Å²) < 4.78 is 13.6. The Morgan fingerprint density at radius 1 is 1.38 bits per heavy atom. The van der Waals surface area contributed by atoms with Crippen LogP contribution in [0.15, 0.2) is 12.1 Å². The van der Waals surface area contributed by atoms with E-state index in [1.165, 1.54) is 6.07 Å². The van der Waals surface area contributed by atoms with Crippen LogP contribution in [0.2, 0.25) is 5.02 Å². The van der Waals surface area contributed by atoms with Gasteiger partial charge in [0.05, 0.1) is 5.02 Å². The average Bonchev–Trinajstić information content (AvgIpc) is 2.27. The van der Waals surface area contributed by atoms with Crippen LogP contribution in [-0.2, 0) is 6.42 Å². The van der Waals surface area contributed by atoms with Crippen LogP contribution in [0.25, 0.3) is 0 Å². The SMILES string of the molecule is Oc1cc(F)c(CC2CCNCC2)cc1Cl. The first-order valence-electron chi connectivity index (χ1n) is 5.54. The van der Waals surface area contributed by atoms with Crippen molar-refractivity contribution in [3.63, 3.8) is 0 Å². The molecule has 4 heteroatoms. The van der Waals surface area contributed by atoms with E-state index in [-0.39, 0.29) is 16.6 Å². The van der Waals surface area contributed by atoms with E-state index < -0.39 is 0 Å². The zero-order chi connectivity index (χ0) is 11.5. The molecule has 0 aliphatic carbocycles. The first kappa shape index (κ1) is 11.7. The topological polar surface area (TPSA) is 32.3 Å². The van der Waals surface area contributed by atoms with Crippen LogP contribution in [0.3, 0.4) is 0 Å². The molecule has 0 unspecified atom stereocenters. The van der Waals surface area contributed by atoms with Crippen molar-refractivity contribution in [2.24, 2.45) is 5.92 Å². The molecule has 1 heterocycles. The Morgan fingerprint density at radius 3 is 2.75 bits per heavy atom. The molecule has 1 fully saturated rings. The number of hydrogen-bond acceptors (Lipinski definition) is 2. The summed E-state index contributed by atoms with van der Waals surface area (Å²) in [6, 6.07) is 2.63.